The lowest BCUT2D eigenvalue weighted by Gasteiger charge is -2.23. The van der Waals surface area contributed by atoms with Crippen LogP contribution in [0.15, 0.2) is 6.07 Å². The standard InChI is InChI=1S/C11H17ClN2O2S2/c12-11-7-8-9(3-1-4-10(8)17-11)14-5-2-6-18(13,15)16/h7,9,14H,1-6H2,(H2,13,15,16). The Morgan fingerprint density at radius 1 is 1.56 bits per heavy atom. The zero-order valence-electron chi connectivity index (χ0n) is 9.99. The lowest BCUT2D eigenvalue weighted by molar-refractivity contribution is 0.464. The van der Waals surface area contributed by atoms with Crippen molar-refractivity contribution < 1.29 is 8.42 Å². The molecule has 7 heteroatoms. The highest BCUT2D eigenvalue weighted by Gasteiger charge is 2.22. The van der Waals surface area contributed by atoms with Gasteiger partial charge in [0, 0.05) is 10.9 Å². The molecule has 18 heavy (non-hydrogen) atoms. The van der Waals surface area contributed by atoms with Gasteiger partial charge in [0.2, 0.25) is 10.0 Å². The quantitative estimate of drug-likeness (QED) is 0.818. The van der Waals surface area contributed by atoms with Gasteiger partial charge in [-0.05, 0) is 43.9 Å². The summed E-state index contributed by atoms with van der Waals surface area (Å²) < 4.78 is 22.5. The summed E-state index contributed by atoms with van der Waals surface area (Å²) in [6, 6.07) is 2.33. The Bertz CT molecular complexity index is 513. The highest BCUT2D eigenvalue weighted by molar-refractivity contribution is 7.89. The SMILES string of the molecule is NS(=O)(=O)CCCNC1CCCc2sc(Cl)cc21. The lowest BCUT2D eigenvalue weighted by Crippen LogP contribution is -2.27. The predicted molar refractivity (Wildman–Crippen MR) is 75.6 cm³/mol. The van der Waals surface area contributed by atoms with Crippen LogP contribution in [0.4, 0.5) is 0 Å². The predicted octanol–water partition coefficient (Wildman–Crippen LogP) is 2.05. The molecule has 102 valence electrons. The topological polar surface area (TPSA) is 72.2 Å². The molecular formula is C11H17ClN2O2S2. The first kappa shape index (κ1) is 14.3. The summed E-state index contributed by atoms with van der Waals surface area (Å²) in [5, 5.41) is 8.35. The van der Waals surface area contributed by atoms with Crippen molar-refractivity contribution in [3.05, 3.63) is 20.8 Å². The molecule has 0 radical (unpaired) electrons. The number of aryl methyl sites for hydroxylation is 1. The Morgan fingerprint density at radius 3 is 3.06 bits per heavy atom. The number of nitrogens with two attached hydrogens (primary N) is 1. The van der Waals surface area contributed by atoms with Crippen LogP contribution in [0.5, 0.6) is 0 Å². The van der Waals surface area contributed by atoms with Crippen LogP contribution >= 0.6 is 22.9 Å². The fraction of sp³-hybridized carbons (Fsp3) is 0.636. The van der Waals surface area contributed by atoms with Crippen molar-refractivity contribution in [1.82, 2.24) is 5.32 Å². The Morgan fingerprint density at radius 2 is 2.33 bits per heavy atom. The Kier molecular flexibility index (Phi) is 4.66. The van der Waals surface area contributed by atoms with E-state index in [9.17, 15) is 8.42 Å². The van der Waals surface area contributed by atoms with E-state index >= 15 is 0 Å². The third-order valence-corrected chi connectivity index (χ3v) is 5.28. The van der Waals surface area contributed by atoms with Crippen LogP contribution in [0.25, 0.3) is 0 Å². The lowest BCUT2D eigenvalue weighted by atomic mass is 9.94. The normalized spacial score (nSPS) is 19.8. The molecule has 1 aliphatic carbocycles. The van der Waals surface area contributed by atoms with E-state index in [4.69, 9.17) is 16.7 Å². The molecule has 0 aromatic carbocycles. The first-order valence-electron chi connectivity index (χ1n) is 5.97. The average Bonchev–Trinajstić information content (AvgIpc) is 2.64. The van der Waals surface area contributed by atoms with Gasteiger partial charge >= 0.3 is 0 Å². The molecule has 0 saturated carbocycles. The van der Waals surface area contributed by atoms with Gasteiger partial charge in [-0.2, -0.15) is 0 Å². The van der Waals surface area contributed by atoms with Crippen molar-refractivity contribution in [2.75, 3.05) is 12.3 Å². The minimum atomic E-state index is -3.34. The monoisotopic (exact) mass is 308 g/mol. The van der Waals surface area contributed by atoms with Gasteiger partial charge in [-0.15, -0.1) is 11.3 Å². The molecule has 0 bridgehead atoms. The number of thiophene rings is 1. The largest absolute Gasteiger partial charge is 0.310 e. The molecule has 1 aliphatic rings. The van der Waals surface area contributed by atoms with Gasteiger partial charge in [0.05, 0.1) is 10.1 Å². The molecule has 1 aromatic heterocycles. The first-order valence-corrected chi connectivity index (χ1v) is 8.88. The number of hydrogen-bond acceptors (Lipinski definition) is 4. The van der Waals surface area contributed by atoms with Gasteiger partial charge in [-0.1, -0.05) is 11.6 Å². The number of fused-ring (bicyclic) bond motifs is 1. The van der Waals surface area contributed by atoms with Crippen LogP contribution in [0.1, 0.15) is 35.7 Å². The Balaban J connectivity index is 1.87. The number of nitrogens with one attached hydrogen (secondary N) is 1. The minimum Gasteiger partial charge on any atom is -0.310 e. The Hall–Kier alpha value is -0.140. The molecule has 1 aromatic rings. The molecular weight excluding hydrogens is 292 g/mol. The van der Waals surface area contributed by atoms with Crippen LogP contribution in [-0.2, 0) is 16.4 Å². The maximum Gasteiger partial charge on any atom is 0.209 e. The summed E-state index contributed by atoms with van der Waals surface area (Å²) in [6.45, 7) is 0.661. The maximum atomic E-state index is 10.8. The number of sulfonamides is 1. The van der Waals surface area contributed by atoms with E-state index in [-0.39, 0.29) is 5.75 Å². The van der Waals surface area contributed by atoms with Crippen molar-refractivity contribution in [1.29, 1.82) is 0 Å². The molecule has 0 aliphatic heterocycles. The van der Waals surface area contributed by atoms with Gasteiger partial charge in [0.25, 0.3) is 0 Å². The summed E-state index contributed by atoms with van der Waals surface area (Å²) in [7, 11) is -3.34. The summed E-state index contributed by atoms with van der Waals surface area (Å²) in [5.41, 5.74) is 1.28. The summed E-state index contributed by atoms with van der Waals surface area (Å²) in [4.78, 5) is 1.36. The highest BCUT2D eigenvalue weighted by Crippen LogP contribution is 2.37. The smallest absolute Gasteiger partial charge is 0.209 e. The maximum absolute atomic E-state index is 10.8. The van der Waals surface area contributed by atoms with Crippen molar-refractivity contribution >= 4 is 33.0 Å². The van der Waals surface area contributed by atoms with Crippen LogP contribution in [0.3, 0.4) is 0 Å². The number of primary sulfonamides is 1. The van der Waals surface area contributed by atoms with E-state index in [1.165, 1.54) is 10.4 Å². The van der Waals surface area contributed by atoms with Crippen LogP contribution in [-0.4, -0.2) is 20.7 Å². The van der Waals surface area contributed by atoms with E-state index in [0.29, 0.717) is 19.0 Å². The van der Waals surface area contributed by atoms with E-state index in [1.54, 1.807) is 11.3 Å². The zero-order chi connectivity index (χ0) is 13.2. The molecule has 4 nitrogen and oxygen atoms in total. The first-order chi connectivity index (χ1) is 8.46. The van der Waals surface area contributed by atoms with Crippen LogP contribution in [0, 0.1) is 0 Å². The van der Waals surface area contributed by atoms with E-state index < -0.39 is 10.0 Å². The molecule has 0 spiro atoms. The van der Waals surface area contributed by atoms with Crippen molar-refractivity contribution in [3.63, 3.8) is 0 Å². The second-order valence-electron chi connectivity index (χ2n) is 4.55. The van der Waals surface area contributed by atoms with E-state index in [2.05, 4.69) is 5.32 Å². The van der Waals surface area contributed by atoms with Crippen molar-refractivity contribution in [3.8, 4) is 0 Å². The Labute approximate surface area is 117 Å². The molecule has 0 fully saturated rings. The second kappa shape index (κ2) is 5.88. The van der Waals surface area contributed by atoms with E-state index in [0.717, 1.165) is 23.6 Å². The second-order valence-corrected chi connectivity index (χ2v) is 8.05. The zero-order valence-corrected chi connectivity index (χ0v) is 12.4. The fourth-order valence-corrected chi connectivity index (χ4v) is 4.21. The third-order valence-electron chi connectivity index (χ3n) is 3.08. The van der Waals surface area contributed by atoms with Gasteiger partial charge < -0.3 is 5.32 Å². The van der Waals surface area contributed by atoms with Gasteiger partial charge in [0.1, 0.15) is 0 Å². The highest BCUT2D eigenvalue weighted by atomic mass is 35.5. The third kappa shape index (κ3) is 3.93. The molecule has 1 heterocycles. The molecule has 2 rings (SSSR count). The number of hydrogen-bond donors (Lipinski definition) is 2. The van der Waals surface area contributed by atoms with Crippen molar-refractivity contribution in [2.24, 2.45) is 5.14 Å². The number of halogens is 1. The van der Waals surface area contributed by atoms with Crippen LogP contribution in [0.2, 0.25) is 4.34 Å². The van der Waals surface area contributed by atoms with E-state index in [1.807, 2.05) is 6.07 Å². The molecule has 1 atom stereocenters. The average molecular weight is 309 g/mol. The number of rotatable bonds is 5. The van der Waals surface area contributed by atoms with Gasteiger partial charge in [-0.25, -0.2) is 13.6 Å². The van der Waals surface area contributed by atoms with Gasteiger partial charge in [0.15, 0.2) is 0 Å². The molecule has 0 saturated heterocycles. The molecule has 1 unspecified atom stereocenters. The van der Waals surface area contributed by atoms with Gasteiger partial charge in [-0.3, -0.25) is 0 Å². The van der Waals surface area contributed by atoms with Crippen LogP contribution < -0.4 is 10.5 Å². The molecule has 3 N–H and O–H groups in total. The molecule has 0 amide bonds. The summed E-state index contributed by atoms with van der Waals surface area (Å²) >= 11 is 7.68. The van der Waals surface area contributed by atoms with Crippen molar-refractivity contribution in [2.45, 2.75) is 31.7 Å². The minimum absolute atomic E-state index is 0.0317. The summed E-state index contributed by atoms with van der Waals surface area (Å²) in [6.07, 6.45) is 3.87. The summed E-state index contributed by atoms with van der Waals surface area (Å²) in [5.74, 6) is 0.0317. The fourth-order valence-electron chi connectivity index (χ4n) is 2.28.